The van der Waals surface area contributed by atoms with Crippen molar-refractivity contribution in [2.45, 2.75) is 27.7 Å². The molecule has 0 fully saturated rings. The first kappa shape index (κ1) is 15.4. The summed E-state index contributed by atoms with van der Waals surface area (Å²) in [6, 6.07) is 5.59. The van der Waals surface area contributed by atoms with E-state index in [-0.39, 0.29) is 11.9 Å². The third-order valence-corrected chi connectivity index (χ3v) is 4.57. The van der Waals surface area contributed by atoms with Crippen molar-refractivity contribution in [2.24, 2.45) is 0 Å². The molecule has 1 N–H and O–H groups in total. The van der Waals surface area contributed by atoms with Crippen molar-refractivity contribution < 1.29 is 9.21 Å². The second-order valence-electron chi connectivity index (χ2n) is 5.31. The number of amides is 1. The van der Waals surface area contributed by atoms with E-state index in [1.807, 2.05) is 39.8 Å². The Morgan fingerprint density at radius 1 is 1.13 bits per heavy atom. The van der Waals surface area contributed by atoms with Crippen LogP contribution in [0, 0.1) is 27.7 Å². The lowest BCUT2D eigenvalue weighted by atomic mass is 10.1. The van der Waals surface area contributed by atoms with Crippen molar-refractivity contribution in [3.63, 3.8) is 0 Å². The van der Waals surface area contributed by atoms with Gasteiger partial charge in [0, 0.05) is 5.56 Å². The molecule has 1 aromatic carbocycles. The van der Waals surface area contributed by atoms with E-state index >= 15 is 0 Å². The monoisotopic (exact) mass is 328 g/mol. The maximum Gasteiger partial charge on any atom is 0.322 e. The van der Waals surface area contributed by atoms with Gasteiger partial charge in [0.25, 0.3) is 11.8 Å². The molecule has 1 amide bonds. The van der Waals surface area contributed by atoms with Crippen molar-refractivity contribution in [2.75, 3.05) is 5.32 Å². The summed E-state index contributed by atoms with van der Waals surface area (Å²) in [6.07, 6.45) is 0. The van der Waals surface area contributed by atoms with Crippen molar-refractivity contribution in [1.82, 2.24) is 15.2 Å². The first-order valence-electron chi connectivity index (χ1n) is 7.10. The number of aromatic nitrogens is 3. The molecule has 3 aromatic rings. The van der Waals surface area contributed by atoms with E-state index in [0.29, 0.717) is 11.5 Å². The molecule has 0 aliphatic carbocycles. The summed E-state index contributed by atoms with van der Waals surface area (Å²) in [5, 5.41) is 11.4. The molecule has 0 saturated heterocycles. The van der Waals surface area contributed by atoms with Gasteiger partial charge in [0.15, 0.2) is 0 Å². The topological polar surface area (TPSA) is 80.9 Å². The second kappa shape index (κ2) is 5.92. The maximum atomic E-state index is 12.2. The Labute approximate surface area is 137 Å². The quantitative estimate of drug-likeness (QED) is 0.793. The van der Waals surface area contributed by atoms with Crippen LogP contribution in [0.3, 0.4) is 0 Å². The van der Waals surface area contributed by atoms with Gasteiger partial charge in [-0.15, -0.1) is 16.4 Å². The van der Waals surface area contributed by atoms with Crippen LogP contribution in [0.1, 0.15) is 32.2 Å². The van der Waals surface area contributed by atoms with E-state index in [2.05, 4.69) is 20.5 Å². The molecule has 0 saturated carbocycles. The maximum absolute atomic E-state index is 12.2. The van der Waals surface area contributed by atoms with Crippen LogP contribution in [-0.4, -0.2) is 21.1 Å². The number of hydrogen-bond acceptors (Lipinski definition) is 6. The molecule has 118 valence electrons. The molecular formula is C16H16N4O2S. The van der Waals surface area contributed by atoms with Crippen LogP contribution >= 0.6 is 11.3 Å². The summed E-state index contributed by atoms with van der Waals surface area (Å²) in [5.41, 5.74) is 3.58. The first-order chi connectivity index (χ1) is 10.9. The number of aryl methyl sites for hydroxylation is 4. The third kappa shape index (κ3) is 3.14. The Hall–Kier alpha value is -2.54. The van der Waals surface area contributed by atoms with E-state index < -0.39 is 0 Å². The normalized spacial score (nSPS) is 10.8. The smallest absolute Gasteiger partial charge is 0.322 e. The van der Waals surface area contributed by atoms with Crippen LogP contribution in [0.15, 0.2) is 22.6 Å². The molecule has 0 atom stereocenters. The highest BCUT2D eigenvalue weighted by Gasteiger charge is 2.16. The highest BCUT2D eigenvalue weighted by molar-refractivity contribution is 7.15. The number of nitrogens with one attached hydrogen (secondary N) is 1. The molecule has 3 rings (SSSR count). The highest BCUT2D eigenvalue weighted by Crippen LogP contribution is 2.29. The predicted octanol–water partition coefficient (Wildman–Crippen LogP) is 3.68. The molecule has 23 heavy (non-hydrogen) atoms. The zero-order chi connectivity index (χ0) is 16.6. The van der Waals surface area contributed by atoms with Crippen LogP contribution in [0.25, 0.3) is 10.8 Å². The van der Waals surface area contributed by atoms with E-state index in [0.717, 1.165) is 26.7 Å². The lowest BCUT2D eigenvalue weighted by molar-refractivity contribution is 0.102. The van der Waals surface area contributed by atoms with Crippen LogP contribution in [0.5, 0.6) is 0 Å². The molecule has 0 spiro atoms. The summed E-state index contributed by atoms with van der Waals surface area (Å²) < 4.78 is 5.53. The fourth-order valence-corrected chi connectivity index (χ4v) is 2.99. The fourth-order valence-electron chi connectivity index (χ4n) is 2.15. The average molecular weight is 328 g/mol. The summed E-state index contributed by atoms with van der Waals surface area (Å²) in [6.45, 7) is 7.77. The molecule has 0 aliphatic rings. The molecule has 6 nitrogen and oxygen atoms in total. The number of anilines is 1. The SMILES string of the molecule is Cc1nc(C)c(-c2nnc(NC(=O)c3ccc(C)c(C)c3)o2)s1. The number of rotatable bonds is 3. The Balaban J connectivity index is 1.80. The predicted molar refractivity (Wildman–Crippen MR) is 88.7 cm³/mol. The van der Waals surface area contributed by atoms with Gasteiger partial charge in [-0.25, -0.2) is 4.98 Å². The molecule has 0 radical (unpaired) electrons. The van der Waals surface area contributed by atoms with Gasteiger partial charge in [0.1, 0.15) is 4.88 Å². The van der Waals surface area contributed by atoms with Crippen LogP contribution in [0.4, 0.5) is 6.01 Å². The van der Waals surface area contributed by atoms with Crippen LogP contribution < -0.4 is 5.32 Å². The number of nitrogens with zero attached hydrogens (tertiary/aromatic N) is 3. The van der Waals surface area contributed by atoms with Crippen molar-refractivity contribution >= 4 is 23.3 Å². The summed E-state index contributed by atoms with van der Waals surface area (Å²) in [4.78, 5) is 17.4. The Morgan fingerprint density at radius 3 is 2.57 bits per heavy atom. The lowest BCUT2D eigenvalue weighted by Crippen LogP contribution is -2.12. The molecular weight excluding hydrogens is 312 g/mol. The van der Waals surface area contributed by atoms with Gasteiger partial charge in [-0.2, -0.15) is 0 Å². The van der Waals surface area contributed by atoms with Gasteiger partial charge in [0.05, 0.1) is 10.7 Å². The number of hydrogen-bond donors (Lipinski definition) is 1. The van der Waals surface area contributed by atoms with Crippen LogP contribution in [0.2, 0.25) is 0 Å². The molecule has 0 unspecified atom stereocenters. The molecule has 2 heterocycles. The summed E-state index contributed by atoms with van der Waals surface area (Å²) in [5.74, 6) is 0.0870. The second-order valence-corrected chi connectivity index (χ2v) is 6.52. The average Bonchev–Trinajstić information content (AvgIpc) is 3.08. The van der Waals surface area contributed by atoms with E-state index in [9.17, 15) is 4.79 Å². The van der Waals surface area contributed by atoms with Gasteiger partial charge < -0.3 is 4.42 Å². The number of carbonyl (C=O) groups is 1. The Kier molecular flexibility index (Phi) is 3.96. The Morgan fingerprint density at radius 2 is 1.91 bits per heavy atom. The highest BCUT2D eigenvalue weighted by atomic mass is 32.1. The number of benzene rings is 1. The zero-order valence-electron chi connectivity index (χ0n) is 13.3. The van der Waals surface area contributed by atoms with Gasteiger partial charge in [-0.1, -0.05) is 11.2 Å². The lowest BCUT2D eigenvalue weighted by Gasteiger charge is -2.04. The molecule has 0 bridgehead atoms. The van der Waals surface area contributed by atoms with Gasteiger partial charge >= 0.3 is 6.01 Å². The van der Waals surface area contributed by atoms with Gasteiger partial charge in [-0.05, 0) is 51.0 Å². The van der Waals surface area contributed by atoms with Gasteiger partial charge in [-0.3, -0.25) is 10.1 Å². The summed E-state index contributed by atoms with van der Waals surface area (Å²) >= 11 is 1.48. The van der Waals surface area contributed by atoms with Crippen LogP contribution in [-0.2, 0) is 0 Å². The van der Waals surface area contributed by atoms with E-state index in [1.165, 1.54) is 11.3 Å². The zero-order valence-corrected chi connectivity index (χ0v) is 14.1. The minimum absolute atomic E-state index is 0.0775. The standard InChI is InChI=1S/C16H16N4O2S/c1-8-5-6-12(7-9(8)2)14(21)18-16-20-19-15(22-16)13-10(3)17-11(4)23-13/h5-7H,1-4H3,(H,18,20,21). The van der Waals surface area contributed by atoms with Crippen molar-refractivity contribution in [1.29, 1.82) is 0 Å². The van der Waals surface area contributed by atoms with E-state index in [4.69, 9.17) is 4.42 Å². The minimum atomic E-state index is -0.277. The molecule has 7 heteroatoms. The Bertz CT molecular complexity index is 882. The number of thiazole rings is 1. The molecule has 0 aliphatic heterocycles. The van der Waals surface area contributed by atoms with Crippen molar-refractivity contribution in [3.05, 3.63) is 45.6 Å². The molecule has 2 aromatic heterocycles. The van der Waals surface area contributed by atoms with E-state index in [1.54, 1.807) is 6.07 Å². The largest absolute Gasteiger partial charge is 0.402 e. The minimum Gasteiger partial charge on any atom is -0.402 e. The van der Waals surface area contributed by atoms with Crippen molar-refractivity contribution in [3.8, 4) is 10.8 Å². The van der Waals surface area contributed by atoms with Gasteiger partial charge in [0.2, 0.25) is 0 Å². The first-order valence-corrected chi connectivity index (χ1v) is 7.92. The number of carbonyl (C=O) groups excluding carboxylic acids is 1. The summed E-state index contributed by atoms with van der Waals surface area (Å²) in [7, 11) is 0. The third-order valence-electron chi connectivity index (χ3n) is 3.51. The fraction of sp³-hybridized carbons (Fsp3) is 0.250.